The minimum absolute atomic E-state index is 0.311. The molecule has 1 fully saturated rings. The summed E-state index contributed by atoms with van der Waals surface area (Å²) < 4.78 is 5.12. The molecule has 5 heteroatoms. The Morgan fingerprint density at radius 3 is 2.67 bits per heavy atom. The number of hydrogen-bond donors (Lipinski definition) is 3. The predicted molar refractivity (Wildman–Crippen MR) is 43.0 cm³/mol. The number of rotatable bonds is 2. The van der Waals surface area contributed by atoms with Crippen molar-refractivity contribution in [3.63, 3.8) is 0 Å². The van der Waals surface area contributed by atoms with Crippen LogP contribution in [0.15, 0.2) is 0 Å². The van der Waals surface area contributed by atoms with Gasteiger partial charge in [0.25, 0.3) is 0 Å². The Hall–Kier alpha value is -0.810. The Kier molecular flexibility index (Phi) is 2.88. The molecule has 1 heterocycles. The maximum atomic E-state index is 10.2. The smallest absolute Gasteiger partial charge is 0.404 e. The lowest BCUT2D eigenvalue weighted by Gasteiger charge is -2.32. The summed E-state index contributed by atoms with van der Waals surface area (Å²) in [6.45, 7) is 1.56. The average molecular weight is 174 g/mol. The molecule has 0 spiro atoms. The molecular formula is C7H14N2O3. The second-order valence-corrected chi connectivity index (χ2v) is 3.13. The van der Waals surface area contributed by atoms with E-state index in [0.717, 1.165) is 0 Å². The summed E-state index contributed by atoms with van der Waals surface area (Å²) in [4.78, 5) is 10.2. The van der Waals surface area contributed by atoms with Crippen LogP contribution in [0.25, 0.3) is 0 Å². The highest BCUT2D eigenvalue weighted by atomic mass is 16.5. The van der Waals surface area contributed by atoms with Crippen LogP contribution in [0.4, 0.5) is 4.79 Å². The molecule has 0 aliphatic carbocycles. The number of nitrogens with two attached hydrogens (primary N) is 1. The van der Waals surface area contributed by atoms with Crippen molar-refractivity contribution in [2.24, 2.45) is 5.73 Å². The highest BCUT2D eigenvalue weighted by Crippen LogP contribution is 2.16. The van der Waals surface area contributed by atoms with Crippen LogP contribution in [0, 0.1) is 0 Å². The van der Waals surface area contributed by atoms with E-state index >= 15 is 0 Å². The Balaban J connectivity index is 2.31. The monoisotopic (exact) mass is 174 g/mol. The van der Waals surface area contributed by atoms with E-state index in [1.54, 1.807) is 0 Å². The van der Waals surface area contributed by atoms with E-state index < -0.39 is 11.6 Å². The lowest BCUT2D eigenvalue weighted by atomic mass is 9.91. The molecule has 0 unspecified atom stereocenters. The van der Waals surface area contributed by atoms with Crippen molar-refractivity contribution in [3.8, 4) is 0 Å². The molecule has 5 nitrogen and oxygen atoms in total. The predicted octanol–water partition coefficient (Wildman–Crippen LogP) is -0.238. The highest BCUT2D eigenvalue weighted by molar-refractivity contribution is 5.64. The number of carboxylic acid groups (broad SMARTS) is 1. The quantitative estimate of drug-likeness (QED) is 0.539. The van der Waals surface area contributed by atoms with Gasteiger partial charge in [-0.15, -0.1) is 0 Å². The third-order valence-electron chi connectivity index (χ3n) is 2.08. The van der Waals surface area contributed by atoms with E-state index in [1.807, 2.05) is 0 Å². The number of hydrogen-bond acceptors (Lipinski definition) is 3. The maximum absolute atomic E-state index is 10.2. The SMILES string of the molecule is NC1(CNC(=O)O)CCOCC1. The fraction of sp³-hybridized carbons (Fsp3) is 0.857. The molecule has 1 saturated heterocycles. The third kappa shape index (κ3) is 2.67. The molecule has 0 aromatic rings. The molecule has 4 N–H and O–H groups in total. The first-order chi connectivity index (χ1) is 5.62. The van der Waals surface area contributed by atoms with Crippen molar-refractivity contribution >= 4 is 6.09 Å². The zero-order valence-corrected chi connectivity index (χ0v) is 6.88. The first kappa shape index (κ1) is 9.28. The van der Waals surface area contributed by atoms with E-state index in [9.17, 15) is 4.79 Å². The molecule has 12 heavy (non-hydrogen) atoms. The van der Waals surface area contributed by atoms with Gasteiger partial charge in [0.2, 0.25) is 0 Å². The minimum atomic E-state index is -1.02. The molecule has 1 aliphatic heterocycles. The van der Waals surface area contributed by atoms with Gasteiger partial charge >= 0.3 is 6.09 Å². The fourth-order valence-corrected chi connectivity index (χ4v) is 1.21. The van der Waals surface area contributed by atoms with Gasteiger partial charge in [-0.25, -0.2) is 4.79 Å². The van der Waals surface area contributed by atoms with Gasteiger partial charge in [-0.2, -0.15) is 0 Å². The molecule has 1 aliphatic rings. The summed E-state index contributed by atoms with van der Waals surface area (Å²) >= 11 is 0. The van der Waals surface area contributed by atoms with Gasteiger partial charge in [0.05, 0.1) is 0 Å². The second-order valence-electron chi connectivity index (χ2n) is 3.13. The summed E-state index contributed by atoms with van der Waals surface area (Å²) in [6, 6.07) is 0. The lowest BCUT2D eigenvalue weighted by Crippen LogP contribution is -2.53. The van der Waals surface area contributed by atoms with Crippen LogP contribution in [-0.4, -0.2) is 36.5 Å². The number of carbonyl (C=O) groups is 1. The summed E-state index contributed by atoms with van der Waals surface area (Å²) in [7, 11) is 0. The molecule has 1 rings (SSSR count). The van der Waals surface area contributed by atoms with E-state index in [-0.39, 0.29) is 0 Å². The van der Waals surface area contributed by atoms with Crippen LogP contribution in [0.3, 0.4) is 0 Å². The Labute approximate surface area is 70.9 Å². The van der Waals surface area contributed by atoms with Crippen LogP contribution < -0.4 is 11.1 Å². The molecule has 1 amide bonds. The number of nitrogens with one attached hydrogen (secondary N) is 1. The van der Waals surface area contributed by atoms with Gasteiger partial charge in [0.15, 0.2) is 0 Å². The minimum Gasteiger partial charge on any atom is -0.465 e. The van der Waals surface area contributed by atoms with Gasteiger partial charge in [0, 0.05) is 25.3 Å². The molecule has 70 valence electrons. The average Bonchev–Trinajstić information content (AvgIpc) is 2.03. The first-order valence-electron chi connectivity index (χ1n) is 3.96. The van der Waals surface area contributed by atoms with Crippen molar-refractivity contribution in [2.75, 3.05) is 19.8 Å². The standard InChI is InChI=1S/C7H14N2O3/c8-7(5-9-6(10)11)1-3-12-4-2-7/h9H,1-5,8H2,(H,10,11). The first-order valence-corrected chi connectivity index (χ1v) is 3.96. The van der Waals surface area contributed by atoms with Gasteiger partial charge in [-0.05, 0) is 12.8 Å². The van der Waals surface area contributed by atoms with Crippen LogP contribution in [0.5, 0.6) is 0 Å². The lowest BCUT2D eigenvalue weighted by molar-refractivity contribution is 0.0531. The molecule has 0 radical (unpaired) electrons. The number of amides is 1. The van der Waals surface area contributed by atoms with Crippen LogP contribution in [0.2, 0.25) is 0 Å². The van der Waals surface area contributed by atoms with Gasteiger partial charge < -0.3 is 20.9 Å². The van der Waals surface area contributed by atoms with Crippen LogP contribution >= 0.6 is 0 Å². The van der Waals surface area contributed by atoms with Gasteiger partial charge in [-0.3, -0.25) is 0 Å². The van der Waals surface area contributed by atoms with Gasteiger partial charge in [0.1, 0.15) is 0 Å². The van der Waals surface area contributed by atoms with E-state index in [4.69, 9.17) is 15.6 Å². The van der Waals surface area contributed by atoms with Crippen molar-refractivity contribution in [1.29, 1.82) is 0 Å². The van der Waals surface area contributed by atoms with Crippen LogP contribution in [-0.2, 0) is 4.74 Å². The Bertz CT molecular complexity index is 166. The van der Waals surface area contributed by atoms with Crippen molar-refractivity contribution < 1.29 is 14.6 Å². The molecule has 0 bridgehead atoms. The van der Waals surface area contributed by atoms with E-state index in [0.29, 0.717) is 32.6 Å². The Morgan fingerprint density at radius 1 is 1.58 bits per heavy atom. The van der Waals surface area contributed by atoms with E-state index in [2.05, 4.69) is 5.32 Å². The summed E-state index contributed by atoms with van der Waals surface area (Å²) in [5.74, 6) is 0. The Morgan fingerprint density at radius 2 is 2.17 bits per heavy atom. The largest absolute Gasteiger partial charge is 0.465 e. The summed E-state index contributed by atoms with van der Waals surface area (Å²) in [6.07, 6.45) is 0.409. The zero-order valence-electron chi connectivity index (χ0n) is 6.88. The third-order valence-corrected chi connectivity index (χ3v) is 2.08. The molecule has 0 atom stereocenters. The second kappa shape index (κ2) is 3.73. The fourth-order valence-electron chi connectivity index (χ4n) is 1.21. The summed E-state index contributed by atoms with van der Waals surface area (Å²) in [5.41, 5.74) is 5.50. The molecule has 0 saturated carbocycles. The topological polar surface area (TPSA) is 84.6 Å². The molecular weight excluding hydrogens is 160 g/mol. The molecule has 0 aromatic carbocycles. The van der Waals surface area contributed by atoms with Crippen LogP contribution in [0.1, 0.15) is 12.8 Å². The highest BCUT2D eigenvalue weighted by Gasteiger charge is 2.28. The molecule has 0 aromatic heterocycles. The normalized spacial score (nSPS) is 21.8. The van der Waals surface area contributed by atoms with Crippen molar-refractivity contribution in [2.45, 2.75) is 18.4 Å². The van der Waals surface area contributed by atoms with Gasteiger partial charge in [-0.1, -0.05) is 0 Å². The zero-order chi connectivity index (χ0) is 9.03. The maximum Gasteiger partial charge on any atom is 0.404 e. The van der Waals surface area contributed by atoms with E-state index in [1.165, 1.54) is 0 Å². The van der Waals surface area contributed by atoms with Crippen molar-refractivity contribution in [1.82, 2.24) is 5.32 Å². The van der Waals surface area contributed by atoms with Crippen molar-refractivity contribution in [3.05, 3.63) is 0 Å². The number of ether oxygens (including phenoxy) is 1. The summed E-state index contributed by atoms with van der Waals surface area (Å²) in [5, 5.41) is 10.7.